The summed E-state index contributed by atoms with van der Waals surface area (Å²) < 4.78 is 2.23. The van der Waals surface area contributed by atoms with Crippen LogP contribution in [0.4, 0.5) is 0 Å². The van der Waals surface area contributed by atoms with Crippen molar-refractivity contribution in [1.29, 1.82) is 0 Å². The molecule has 0 radical (unpaired) electrons. The minimum Gasteiger partial charge on any atom is -0.338 e. The minimum absolute atomic E-state index is 0.285. The number of likely N-dealkylation sites (tertiary alicyclic amines) is 1. The average Bonchev–Trinajstić information content (AvgIpc) is 2.62. The third-order valence-corrected chi connectivity index (χ3v) is 3.41. The summed E-state index contributed by atoms with van der Waals surface area (Å²) >= 11 is 0. The van der Waals surface area contributed by atoms with Gasteiger partial charge in [0.1, 0.15) is 5.82 Å². The van der Waals surface area contributed by atoms with Crippen molar-refractivity contribution in [2.45, 2.75) is 46.1 Å². The van der Waals surface area contributed by atoms with Gasteiger partial charge in [0, 0.05) is 37.8 Å². The summed E-state index contributed by atoms with van der Waals surface area (Å²) in [6, 6.07) is 0.418. The molecule has 1 saturated heterocycles. The van der Waals surface area contributed by atoms with Crippen molar-refractivity contribution in [2.24, 2.45) is 5.92 Å². The van der Waals surface area contributed by atoms with E-state index in [-0.39, 0.29) is 5.91 Å². The van der Waals surface area contributed by atoms with Crippen LogP contribution >= 0.6 is 0 Å². The summed E-state index contributed by atoms with van der Waals surface area (Å²) in [6.07, 6.45) is 4.55. The Kier molecular flexibility index (Phi) is 3.73. The highest BCUT2D eigenvalue weighted by Crippen LogP contribution is 2.26. The molecule has 1 fully saturated rings. The van der Waals surface area contributed by atoms with Gasteiger partial charge in [-0.2, -0.15) is 0 Å². The molecule has 1 amide bonds. The predicted molar refractivity (Wildman–Crippen MR) is 71.4 cm³/mol. The summed E-state index contributed by atoms with van der Waals surface area (Å²) in [6.45, 7) is 10.1. The van der Waals surface area contributed by atoms with Gasteiger partial charge in [-0.3, -0.25) is 4.79 Å². The van der Waals surface area contributed by atoms with Crippen molar-refractivity contribution in [3.63, 3.8) is 0 Å². The molecule has 1 aromatic heterocycles. The quantitative estimate of drug-likeness (QED) is 0.822. The molecule has 0 bridgehead atoms. The zero-order chi connectivity index (χ0) is 13.3. The van der Waals surface area contributed by atoms with Gasteiger partial charge in [0.25, 0.3) is 0 Å². The molecule has 0 unspecified atom stereocenters. The molecule has 0 aromatic carbocycles. The third kappa shape index (κ3) is 2.57. The smallest absolute Gasteiger partial charge is 0.222 e. The van der Waals surface area contributed by atoms with E-state index in [1.165, 1.54) is 0 Å². The maximum absolute atomic E-state index is 11.9. The van der Waals surface area contributed by atoms with Gasteiger partial charge in [-0.1, -0.05) is 27.7 Å². The molecule has 18 heavy (non-hydrogen) atoms. The molecule has 4 nitrogen and oxygen atoms in total. The molecule has 0 atom stereocenters. The molecule has 4 heteroatoms. The van der Waals surface area contributed by atoms with E-state index in [1.807, 2.05) is 17.3 Å². The summed E-state index contributed by atoms with van der Waals surface area (Å²) in [5.41, 5.74) is 0. The van der Waals surface area contributed by atoms with Gasteiger partial charge >= 0.3 is 0 Å². The first-order valence-corrected chi connectivity index (χ1v) is 6.79. The zero-order valence-corrected chi connectivity index (χ0v) is 11.8. The van der Waals surface area contributed by atoms with Gasteiger partial charge in [0.05, 0.1) is 6.04 Å². The Morgan fingerprint density at radius 2 is 2.06 bits per heavy atom. The summed E-state index contributed by atoms with van der Waals surface area (Å²) in [5, 5.41) is 0. The Bertz CT molecular complexity index is 416. The molecule has 0 aliphatic carbocycles. The Morgan fingerprint density at radius 1 is 1.39 bits per heavy atom. The van der Waals surface area contributed by atoms with Gasteiger partial charge in [-0.15, -0.1) is 0 Å². The number of hydrogen-bond donors (Lipinski definition) is 0. The fourth-order valence-corrected chi connectivity index (χ4v) is 2.39. The Labute approximate surface area is 109 Å². The van der Waals surface area contributed by atoms with Crippen molar-refractivity contribution in [3.05, 3.63) is 18.2 Å². The van der Waals surface area contributed by atoms with E-state index in [9.17, 15) is 4.79 Å². The first kappa shape index (κ1) is 13.1. The van der Waals surface area contributed by atoms with E-state index in [4.69, 9.17) is 0 Å². The second kappa shape index (κ2) is 5.12. The number of amides is 1. The molecule has 1 aliphatic rings. The second-order valence-electron chi connectivity index (χ2n) is 5.90. The van der Waals surface area contributed by atoms with Crippen LogP contribution in [-0.2, 0) is 4.79 Å². The standard InChI is InChI=1S/C14H23N3O/c1-10(2)7-13(18)16-8-12(9-16)17-6-5-15-14(17)11(3)4/h5-6,10-12H,7-9H2,1-4H3. The number of imidazole rings is 1. The predicted octanol–water partition coefficient (Wildman–Crippen LogP) is 2.44. The van der Waals surface area contributed by atoms with Crippen LogP contribution in [-0.4, -0.2) is 33.4 Å². The van der Waals surface area contributed by atoms with Gasteiger partial charge < -0.3 is 9.47 Å². The van der Waals surface area contributed by atoms with Crippen LogP contribution in [0.3, 0.4) is 0 Å². The van der Waals surface area contributed by atoms with E-state index >= 15 is 0 Å². The molecule has 0 saturated carbocycles. The highest BCUT2D eigenvalue weighted by atomic mass is 16.2. The van der Waals surface area contributed by atoms with Crippen molar-refractivity contribution in [1.82, 2.24) is 14.5 Å². The van der Waals surface area contributed by atoms with Crippen LogP contribution in [0.15, 0.2) is 12.4 Å². The second-order valence-corrected chi connectivity index (χ2v) is 5.90. The number of nitrogens with zero attached hydrogens (tertiary/aromatic N) is 3. The number of aromatic nitrogens is 2. The molecule has 0 N–H and O–H groups in total. The van der Waals surface area contributed by atoms with E-state index in [0.717, 1.165) is 18.9 Å². The third-order valence-electron chi connectivity index (χ3n) is 3.41. The lowest BCUT2D eigenvalue weighted by Crippen LogP contribution is -2.51. The Balaban J connectivity index is 1.92. The number of hydrogen-bond acceptors (Lipinski definition) is 2. The molecule has 1 aromatic rings. The van der Waals surface area contributed by atoms with Crippen LogP contribution in [0.2, 0.25) is 0 Å². The highest BCUT2D eigenvalue weighted by molar-refractivity contribution is 5.77. The maximum atomic E-state index is 11.9. The van der Waals surface area contributed by atoms with Crippen LogP contribution in [0.1, 0.15) is 51.9 Å². The summed E-state index contributed by atoms with van der Waals surface area (Å²) in [7, 11) is 0. The van der Waals surface area contributed by atoms with E-state index < -0.39 is 0 Å². The Hall–Kier alpha value is -1.32. The first-order chi connectivity index (χ1) is 8.49. The SMILES string of the molecule is CC(C)CC(=O)N1CC(n2ccnc2C(C)C)C1. The number of carbonyl (C=O) groups excluding carboxylic acids is 1. The van der Waals surface area contributed by atoms with Crippen LogP contribution < -0.4 is 0 Å². The largest absolute Gasteiger partial charge is 0.338 e. The lowest BCUT2D eigenvalue weighted by molar-refractivity contribution is -0.137. The molecule has 2 rings (SSSR count). The fraction of sp³-hybridized carbons (Fsp3) is 0.714. The topological polar surface area (TPSA) is 38.1 Å². The van der Waals surface area contributed by atoms with Crippen molar-refractivity contribution in [3.8, 4) is 0 Å². The van der Waals surface area contributed by atoms with Gasteiger partial charge in [0.2, 0.25) is 5.91 Å². The minimum atomic E-state index is 0.285. The van der Waals surface area contributed by atoms with Crippen LogP contribution in [0.5, 0.6) is 0 Å². The number of rotatable bonds is 4. The first-order valence-electron chi connectivity index (χ1n) is 6.79. The van der Waals surface area contributed by atoms with Gasteiger partial charge in [0.15, 0.2) is 0 Å². The Morgan fingerprint density at radius 3 is 2.61 bits per heavy atom. The van der Waals surface area contributed by atoms with E-state index in [1.54, 1.807) is 0 Å². The molecule has 1 aliphatic heterocycles. The van der Waals surface area contributed by atoms with Crippen LogP contribution in [0, 0.1) is 5.92 Å². The molecular formula is C14H23N3O. The fourth-order valence-electron chi connectivity index (χ4n) is 2.39. The lowest BCUT2D eigenvalue weighted by atomic mass is 10.0. The van der Waals surface area contributed by atoms with Gasteiger partial charge in [-0.25, -0.2) is 4.98 Å². The van der Waals surface area contributed by atoms with Gasteiger partial charge in [-0.05, 0) is 5.92 Å². The maximum Gasteiger partial charge on any atom is 0.222 e. The molecule has 0 spiro atoms. The molecule has 100 valence electrons. The summed E-state index contributed by atoms with van der Waals surface area (Å²) in [5.74, 6) is 2.28. The van der Waals surface area contributed by atoms with E-state index in [0.29, 0.717) is 24.3 Å². The monoisotopic (exact) mass is 249 g/mol. The van der Waals surface area contributed by atoms with Crippen molar-refractivity contribution >= 4 is 5.91 Å². The number of carbonyl (C=O) groups is 1. The van der Waals surface area contributed by atoms with Crippen molar-refractivity contribution in [2.75, 3.05) is 13.1 Å². The summed E-state index contributed by atoms with van der Waals surface area (Å²) in [4.78, 5) is 18.2. The highest BCUT2D eigenvalue weighted by Gasteiger charge is 2.32. The van der Waals surface area contributed by atoms with Crippen LogP contribution in [0.25, 0.3) is 0 Å². The average molecular weight is 249 g/mol. The zero-order valence-electron chi connectivity index (χ0n) is 11.8. The lowest BCUT2D eigenvalue weighted by Gasteiger charge is -2.41. The normalized spacial score (nSPS) is 16.4. The van der Waals surface area contributed by atoms with Crippen molar-refractivity contribution < 1.29 is 4.79 Å². The molecule has 2 heterocycles. The molecular weight excluding hydrogens is 226 g/mol. The van der Waals surface area contributed by atoms with E-state index in [2.05, 4.69) is 37.2 Å².